The van der Waals surface area contributed by atoms with Crippen molar-refractivity contribution in [3.05, 3.63) is 70.8 Å². The molecule has 0 amide bonds. The molecular formula is C22H22F2N2O2S. The molecule has 1 unspecified atom stereocenters. The van der Waals surface area contributed by atoms with Crippen molar-refractivity contribution in [1.82, 2.24) is 5.32 Å². The van der Waals surface area contributed by atoms with E-state index in [-0.39, 0.29) is 24.1 Å². The van der Waals surface area contributed by atoms with Gasteiger partial charge in [0.1, 0.15) is 11.6 Å². The molecule has 0 spiro atoms. The second-order valence-electron chi connectivity index (χ2n) is 8.05. The zero-order valence-electron chi connectivity index (χ0n) is 16.0. The summed E-state index contributed by atoms with van der Waals surface area (Å²) in [6, 6.07) is 12.7. The molecule has 3 atom stereocenters. The van der Waals surface area contributed by atoms with Crippen molar-refractivity contribution in [1.29, 1.82) is 5.26 Å². The summed E-state index contributed by atoms with van der Waals surface area (Å²) in [5.41, 5.74) is -0.159. The maximum atomic E-state index is 14.8. The lowest BCUT2D eigenvalue weighted by atomic mass is 9.94. The second-order valence-corrected chi connectivity index (χ2v) is 10.4. The fourth-order valence-electron chi connectivity index (χ4n) is 4.20. The van der Waals surface area contributed by atoms with Crippen LogP contribution < -0.4 is 5.32 Å². The van der Waals surface area contributed by atoms with E-state index < -0.39 is 43.4 Å². The van der Waals surface area contributed by atoms with Crippen LogP contribution in [0.15, 0.2) is 42.5 Å². The summed E-state index contributed by atoms with van der Waals surface area (Å²) in [5.74, 6) is -1.30. The van der Waals surface area contributed by atoms with E-state index in [1.54, 1.807) is 31.2 Å². The van der Waals surface area contributed by atoms with Crippen LogP contribution in [-0.4, -0.2) is 26.3 Å². The van der Waals surface area contributed by atoms with Crippen LogP contribution in [0.4, 0.5) is 8.78 Å². The molecule has 29 heavy (non-hydrogen) atoms. The van der Waals surface area contributed by atoms with Gasteiger partial charge in [-0.3, -0.25) is 0 Å². The van der Waals surface area contributed by atoms with E-state index in [0.717, 1.165) is 12.1 Å². The van der Waals surface area contributed by atoms with E-state index in [9.17, 15) is 22.5 Å². The molecule has 1 N–H and O–H groups in total. The van der Waals surface area contributed by atoms with Crippen LogP contribution in [0.1, 0.15) is 41.7 Å². The third-order valence-corrected chi connectivity index (χ3v) is 8.86. The molecule has 7 heteroatoms. The fourth-order valence-corrected chi connectivity index (χ4v) is 6.56. The average molecular weight is 416 g/mol. The van der Waals surface area contributed by atoms with Crippen LogP contribution in [0.25, 0.3) is 0 Å². The largest absolute Gasteiger partial charge is 0.311 e. The summed E-state index contributed by atoms with van der Waals surface area (Å²) in [5, 5.41) is 10.9. The minimum absolute atomic E-state index is 0.0240. The van der Waals surface area contributed by atoms with Crippen LogP contribution in [0.3, 0.4) is 0 Å². The van der Waals surface area contributed by atoms with E-state index in [1.165, 1.54) is 0 Å². The zero-order chi connectivity index (χ0) is 20.8. The summed E-state index contributed by atoms with van der Waals surface area (Å²) < 4.78 is 56.1. The molecule has 0 aromatic heterocycles. The summed E-state index contributed by atoms with van der Waals surface area (Å²) in [7, 11) is -3.63. The molecule has 1 saturated heterocycles. The van der Waals surface area contributed by atoms with Crippen molar-refractivity contribution in [2.24, 2.45) is 0 Å². The molecule has 1 aliphatic carbocycles. The summed E-state index contributed by atoms with van der Waals surface area (Å²) >= 11 is 0. The molecule has 0 bridgehead atoms. The number of halogens is 2. The van der Waals surface area contributed by atoms with Gasteiger partial charge in [0.2, 0.25) is 0 Å². The molecule has 2 fully saturated rings. The Morgan fingerprint density at radius 3 is 2.48 bits per heavy atom. The van der Waals surface area contributed by atoms with E-state index in [2.05, 4.69) is 11.4 Å². The number of rotatable bonds is 4. The number of hydrogen-bond acceptors (Lipinski definition) is 4. The predicted molar refractivity (Wildman–Crippen MR) is 106 cm³/mol. The van der Waals surface area contributed by atoms with Gasteiger partial charge in [0.15, 0.2) is 9.84 Å². The third-order valence-electron chi connectivity index (χ3n) is 6.21. The number of nitrogens with one attached hydrogen (secondary N) is 1. The highest BCUT2D eigenvalue weighted by Gasteiger charge is 2.47. The number of nitrogens with zero attached hydrogens (tertiary/aromatic N) is 1. The van der Waals surface area contributed by atoms with Crippen molar-refractivity contribution in [2.45, 2.75) is 48.1 Å². The first-order chi connectivity index (χ1) is 13.8. The summed E-state index contributed by atoms with van der Waals surface area (Å²) in [4.78, 5) is 0. The first-order valence-corrected chi connectivity index (χ1v) is 11.3. The minimum Gasteiger partial charge on any atom is -0.311 e. The first-order valence-electron chi connectivity index (χ1n) is 9.69. The molecule has 152 valence electrons. The van der Waals surface area contributed by atoms with E-state index >= 15 is 0 Å². The molecule has 1 heterocycles. The highest BCUT2D eigenvalue weighted by Crippen LogP contribution is 2.49. The molecule has 1 saturated carbocycles. The Bertz CT molecular complexity index is 1080. The van der Waals surface area contributed by atoms with Crippen LogP contribution in [0.5, 0.6) is 0 Å². The van der Waals surface area contributed by atoms with E-state index in [0.29, 0.717) is 18.4 Å². The maximum Gasteiger partial charge on any atom is 0.163 e. The van der Waals surface area contributed by atoms with Gasteiger partial charge in [-0.25, -0.2) is 17.2 Å². The topological polar surface area (TPSA) is 70.0 Å². The standard InChI is InChI=1S/C22H22F2N2O2S/c1-14-20(29(27,28)21(12-26-14)15-5-3-2-4-6-15)10-16-9-19(24)17(11-18(16)23)22(13-25)7-8-22/h2-6,9,11,14,20-21,26H,7-8,10,12H2,1H3/t14-,20?,21-/m0/s1. The van der Waals surface area contributed by atoms with Gasteiger partial charge in [-0.1, -0.05) is 30.3 Å². The number of sulfone groups is 1. The highest BCUT2D eigenvalue weighted by atomic mass is 32.2. The smallest absolute Gasteiger partial charge is 0.163 e. The quantitative estimate of drug-likeness (QED) is 0.827. The Labute approximate surface area is 169 Å². The minimum atomic E-state index is -3.63. The lowest BCUT2D eigenvalue weighted by Crippen LogP contribution is -2.53. The van der Waals surface area contributed by atoms with Gasteiger partial charge in [0.25, 0.3) is 0 Å². The summed E-state index contributed by atoms with van der Waals surface area (Å²) in [6.45, 7) is 2.03. The molecule has 2 aromatic rings. The van der Waals surface area contributed by atoms with Crippen molar-refractivity contribution in [3.8, 4) is 6.07 Å². The molecule has 2 aliphatic rings. The zero-order valence-corrected chi connectivity index (χ0v) is 16.8. The Hall–Kier alpha value is -2.30. The van der Waals surface area contributed by atoms with Gasteiger partial charge in [-0.05, 0) is 49.4 Å². The van der Waals surface area contributed by atoms with Crippen LogP contribution in [0.2, 0.25) is 0 Å². The second kappa shape index (κ2) is 7.19. The van der Waals surface area contributed by atoms with E-state index in [1.807, 2.05) is 6.07 Å². The molecule has 4 nitrogen and oxygen atoms in total. The average Bonchev–Trinajstić information content (AvgIpc) is 3.49. The Balaban J connectivity index is 1.66. The SMILES string of the molecule is C[C@@H]1NC[C@@H](c2ccccc2)S(=O)(=O)C1Cc1cc(F)c(C2(C#N)CC2)cc1F. The lowest BCUT2D eigenvalue weighted by Gasteiger charge is -2.35. The van der Waals surface area contributed by atoms with Crippen LogP contribution >= 0.6 is 0 Å². The van der Waals surface area contributed by atoms with Gasteiger partial charge in [-0.15, -0.1) is 0 Å². The molecular weight excluding hydrogens is 394 g/mol. The molecule has 2 aromatic carbocycles. The van der Waals surface area contributed by atoms with Gasteiger partial charge in [0, 0.05) is 18.2 Å². The van der Waals surface area contributed by atoms with Crippen molar-refractivity contribution >= 4 is 9.84 Å². The Morgan fingerprint density at radius 2 is 1.86 bits per heavy atom. The molecule has 4 rings (SSSR count). The Kier molecular flexibility index (Phi) is 4.96. The van der Waals surface area contributed by atoms with Gasteiger partial charge in [0.05, 0.1) is 22.0 Å². The van der Waals surface area contributed by atoms with Crippen LogP contribution in [-0.2, 0) is 21.7 Å². The normalized spacial score (nSPS) is 27.2. The molecule has 0 radical (unpaired) electrons. The monoisotopic (exact) mass is 416 g/mol. The van der Waals surface area contributed by atoms with Gasteiger partial charge in [-0.2, -0.15) is 5.26 Å². The number of benzene rings is 2. The van der Waals surface area contributed by atoms with Crippen molar-refractivity contribution in [2.75, 3.05) is 6.54 Å². The Morgan fingerprint density at radius 1 is 1.17 bits per heavy atom. The molecule has 1 aliphatic heterocycles. The predicted octanol–water partition coefficient (Wildman–Crippen LogP) is 3.58. The highest BCUT2D eigenvalue weighted by molar-refractivity contribution is 7.92. The summed E-state index contributed by atoms with van der Waals surface area (Å²) in [6.07, 6.45) is 0.897. The van der Waals surface area contributed by atoms with Crippen LogP contribution in [0, 0.1) is 23.0 Å². The first kappa shape index (κ1) is 20.0. The number of hydrogen-bond donors (Lipinski definition) is 1. The third kappa shape index (κ3) is 3.45. The fraction of sp³-hybridized carbons (Fsp3) is 0.409. The maximum absolute atomic E-state index is 14.8. The van der Waals surface area contributed by atoms with Gasteiger partial charge >= 0.3 is 0 Å². The van der Waals surface area contributed by atoms with E-state index in [4.69, 9.17) is 0 Å². The van der Waals surface area contributed by atoms with Gasteiger partial charge < -0.3 is 5.32 Å². The van der Waals surface area contributed by atoms with Crippen molar-refractivity contribution < 1.29 is 17.2 Å². The lowest BCUT2D eigenvalue weighted by molar-refractivity contribution is 0.446. The van der Waals surface area contributed by atoms with Crippen molar-refractivity contribution in [3.63, 3.8) is 0 Å². The number of nitriles is 1.